The molecular formula is C24H19F7O. The molecule has 0 fully saturated rings. The molecule has 0 aliphatic heterocycles. The third-order valence-corrected chi connectivity index (χ3v) is 4.80. The Bertz CT molecular complexity index is 1060. The lowest BCUT2D eigenvalue weighted by atomic mass is 9.93. The van der Waals surface area contributed by atoms with Crippen molar-refractivity contribution < 1.29 is 35.5 Å². The van der Waals surface area contributed by atoms with Crippen LogP contribution in [0, 0.1) is 5.82 Å². The Morgan fingerprint density at radius 1 is 0.812 bits per heavy atom. The normalized spacial score (nSPS) is 13.1. The largest absolute Gasteiger partial charge is 0.439 e. The zero-order chi connectivity index (χ0) is 23.5. The number of hydrogen-bond donors (Lipinski definition) is 0. The molecule has 1 unspecified atom stereocenters. The van der Waals surface area contributed by atoms with Gasteiger partial charge in [0, 0.05) is 0 Å². The topological polar surface area (TPSA) is 9.23 Å². The molecule has 8 heteroatoms. The second-order valence-electron chi connectivity index (χ2n) is 7.21. The molecule has 0 aromatic heterocycles. The lowest BCUT2D eigenvalue weighted by Gasteiger charge is -2.23. The van der Waals surface area contributed by atoms with E-state index < -0.39 is 30.0 Å². The minimum Gasteiger partial charge on any atom is -0.427 e. The predicted molar refractivity (Wildman–Crippen MR) is 108 cm³/mol. The first-order valence-corrected chi connectivity index (χ1v) is 9.79. The maximum atomic E-state index is 14.4. The van der Waals surface area contributed by atoms with E-state index in [2.05, 4.69) is 11.7 Å². The Balaban J connectivity index is 1.92. The smallest absolute Gasteiger partial charge is 0.427 e. The molecule has 3 aromatic rings. The van der Waals surface area contributed by atoms with Crippen LogP contribution in [-0.2, 0) is 6.42 Å². The highest BCUT2D eigenvalue weighted by Crippen LogP contribution is 2.39. The molecule has 0 radical (unpaired) electrons. The standard InChI is InChI=1S/C24H19F7O/c1-2-5-15-8-10-16(11-9-15)18-6-3-4-7-19(18)17-12-13-21(20(25)14-17)32-24(30,31)22(26)23(27,28)29/h3-4,6-14,22H,2,5H2,1H3. The summed E-state index contributed by atoms with van der Waals surface area (Å²) in [4.78, 5) is 0. The fourth-order valence-electron chi connectivity index (χ4n) is 3.27. The monoisotopic (exact) mass is 456 g/mol. The Labute approximate surface area is 180 Å². The van der Waals surface area contributed by atoms with Gasteiger partial charge in [0.1, 0.15) is 0 Å². The molecule has 1 atom stereocenters. The number of benzene rings is 3. The van der Waals surface area contributed by atoms with Crippen LogP contribution in [0.5, 0.6) is 5.75 Å². The van der Waals surface area contributed by atoms with Crippen LogP contribution in [0.2, 0.25) is 0 Å². The van der Waals surface area contributed by atoms with E-state index in [0.717, 1.165) is 41.7 Å². The fraction of sp³-hybridized carbons (Fsp3) is 0.250. The second-order valence-corrected chi connectivity index (χ2v) is 7.21. The van der Waals surface area contributed by atoms with Gasteiger partial charge in [-0.1, -0.05) is 67.9 Å². The molecule has 0 bridgehead atoms. The summed E-state index contributed by atoms with van der Waals surface area (Å²) in [7, 11) is 0. The molecule has 0 aliphatic rings. The molecule has 3 aromatic carbocycles. The van der Waals surface area contributed by atoms with Crippen LogP contribution < -0.4 is 4.74 Å². The summed E-state index contributed by atoms with van der Waals surface area (Å²) in [5, 5.41) is 0. The maximum absolute atomic E-state index is 14.4. The van der Waals surface area contributed by atoms with Crippen molar-refractivity contribution in [2.45, 2.75) is 38.2 Å². The average Bonchev–Trinajstić information content (AvgIpc) is 2.75. The summed E-state index contributed by atoms with van der Waals surface area (Å²) >= 11 is 0. The summed E-state index contributed by atoms with van der Waals surface area (Å²) in [6, 6.07) is 17.6. The van der Waals surface area contributed by atoms with Gasteiger partial charge in [-0.3, -0.25) is 0 Å². The molecule has 32 heavy (non-hydrogen) atoms. The van der Waals surface area contributed by atoms with E-state index >= 15 is 0 Å². The lowest BCUT2D eigenvalue weighted by molar-refractivity contribution is -0.305. The first-order chi connectivity index (χ1) is 15.0. The van der Waals surface area contributed by atoms with Crippen LogP contribution in [0.1, 0.15) is 18.9 Å². The third kappa shape index (κ3) is 5.23. The number of hydrogen-bond acceptors (Lipinski definition) is 1. The Hall–Kier alpha value is -3.03. The Morgan fingerprint density at radius 2 is 1.38 bits per heavy atom. The van der Waals surface area contributed by atoms with Crippen molar-refractivity contribution in [3.8, 4) is 28.0 Å². The van der Waals surface area contributed by atoms with Gasteiger partial charge in [0.15, 0.2) is 11.6 Å². The molecule has 0 saturated heterocycles. The molecule has 0 heterocycles. The third-order valence-electron chi connectivity index (χ3n) is 4.80. The first kappa shape index (κ1) is 23.6. The van der Waals surface area contributed by atoms with Crippen molar-refractivity contribution in [2.75, 3.05) is 0 Å². The first-order valence-electron chi connectivity index (χ1n) is 9.79. The van der Waals surface area contributed by atoms with Crippen molar-refractivity contribution in [1.29, 1.82) is 0 Å². The highest BCUT2D eigenvalue weighted by atomic mass is 19.4. The quantitative estimate of drug-likeness (QED) is 0.328. The molecule has 1 nitrogen and oxygen atoms in total. The molecule has 0 saturated carbocycles. The number of alkyl halides is 6. The van der Waals surface area contributed by atoms with Gasteiger partial charge in [-0.25, -0.2) is 8.78 Å². The van der Waals surface area contributed by atoms with E-state index in [1.54, 1.807) is 24.3 Å². The number of aryl methyl sites for hydroxylation is 1. The molecule has 3 rings (SSSR count). The Kier molecular flexibility index (Phi) is 6.81. The van der Waals surface area contributed by atoms with Crippen molar-refractivity contribution in [1.82, 2.24) is 0 Å². The van der Waals surface area contributed by atoms with E-state index in [1.807, 2.05) is 24.3 Å². The second kappa shape index (κ2) is 9.22. The summed E-state index contributed by atoms with van der Waals surface area (Å²) in [5.74, 6) is -2.53. The lowest BCUT2D eigenvalue weighted by Crippen LogP contribution is -2.45. The van der Waals surface area contributed by atoms with Gasteiger partial charge in [0.25, 0.3) is 6.17 Å². The minimum atomic E-state index is -5.86. The van der Waals surface area contributed by atoms with E-state index in [-0.39, 0.29) is 0 Å². The number of rotatable bonds is 7. The van der Waals surface area contributed by atoms with Crippen LogP contribution in [0.3, 0.4) is 0 Å². The van der Waals surface area contributed by atoms with Gasteiger partial charge >= 0.3 is 12.3 Å². The number of ether oxygens (including phenoxy) is 1. The molecule has 0 amide bonds. The van der Waals surface area contributed by atoms with Gasteiger partial charge < -0.3 is 4.74 Å². The van der Waals surface area contributed by atoms with Gasteiger partial charge in [-0.05, 0) is 46.4 Å². The molecule has 0 N–H and O–H groups in total. The van der Waals surface area contributed by atoms with E-state index in [0.29, 0.717) is 11.1 Å². The van der Waals surface area contributed by atoms with Crippen molar-refractivity contribution in [3.63, 3.8) is 0 Å². The van der Waals surface area contributed by atoms with Crippen LogP contribution in [0.15, 0.2) is 66.7 Å². The average molecular weight is 456 g/mol. The molecule has 170 valence electrons. The van der Waals surface area contributed by atoms with Gasteiger partial charge in [0.2, 0.25) is 0 Å². The zero-order valence-electron chi connectivity index (χ0n) is 16.9. The molecular weight excluding hydrogens is 437 g/mol. The van der Waals surface area contributed by atoms with E-state index in [4.69, 9.17) is 0 Å². The van der Waals surface area contributed by atoms with Crippen LogP contribution in [0.25, 0.3) is 22.3 Å². The molecule has 0 spiro atoms. The van der Waals surface area contributed by atoms with Gasteiger partial charge in [0.05, 0.1) is 0 Å². The highest BCUT2D eigenvalue weighted by molar-refractivity contribution is 5.83. The van der Waals surface area contributed by atoms with Gasteiger partial charge in [-0.2, -0.15) is 22.0 Å². The maximum Gasteiger partial charge on any atom is 0.439 e. The highest BCUT2D eigenvalue weighted by Gasteiger charge is 2.59. The van der Waals surface area contributed by atoms with Crippen molar-refractivity contribution >= 4 is 0 Å². The number of halogens is 7. The zero-order valence-corrected chi connectivity index (χ0v) is 16.9. The summed E-state index contributed by atoms with van der Waals surface area (Å²) in [6.45, 7) is 2.07. The summed E-state index contributed by atoms with van der Waals surface area (Å²) in [6.07, 6.45) is -13.8. The summed E-state index contributed by atoms with van der Waals surface area (Å²) < 4.78 is 95.1. The Morgan fingerprint density at radius 3 is 1.91 bits per heavy atom. The van der Waals surface area contributed by atoms with Crippen molar-refractivity contribution in [2.24, 2.45) is 0 Å². The SMILES string of the molecule is CCCc1ccc(-c2ccccc2-c2ccc(OC(F)(F)C(F)C(F)(F)F)c(F)c2)cc1. The van der Waals surface area contributed by atoms with Crippen LogP contribution >= 0.6 is 0 Å². The molecule has 0 aliphatic carbocycles. The van der Waals surface area contributed by atoms with Crippen LogP contribution in [-0.4, -0.2) is 18.5 Å². The van der Waals surface area contributed by atoms with Crippen LogP contribution in [0.4, 0.5) is 30.7 Å². The van der Waals surface area contributed by atoms with Crippen molar-refractivity contribution in [3.05, 3.63) is 78.1 Å². The van der Waals surface area contributed by atoms with E-state index in [1.165, 1.54) is 6.07 Å². The van der Waals surface area contributed by atoms with Gasteiger partial charge in [-0.15, -0.1) is 0 Å². The summed E-state index contributed by atoms with van der Waals surface area (Å²) in [5.41, 5.74) is 3.62. The van der Waals surface area contributed by atoms with E-state index in [9.17, 15) is 30.7 Å². The fourth-order valence-corrected chi connectivity index (χ4v) is 3.27. The predicted octanol–water partition coefficient (Wildman–Crippen LogP) is 7.98. The minimum absolute atomic E-state index is 0.291.